The predicted octanol–water partition coefficient (Wildman–Crippen LogP) is 0.433. The molecule has 1 aliphatic heterocycles. The fourth-order valence-electron chi connectivity index (χ4n) is 3.39. The SMILES string of the molecule is N[I-][C@@H]1CCN(c2ncc(C(=O)Nc3ccc(OC(F)(F)Cl)cc3)cc2-c2ccn[nH]2)C1. The van der Waals surface area contributed by atoms with Crippen LogP contribution in [-0.2, 0) is 0 Å². The van der Waals surface area contributed by atoms with Crippen molar-refractivity contribution in [2.24, 2.45) is 3.95 Å². The fraction of sp³-hybridized carbons (Fsp3) is 0.250. The second-order valence-corrected chi connectivity index (χ2v) is 9.97. The van der Waals surface area contributed by atoms with Crippen LogP contribution in [0.4, 0.5) is 20.3 Å². The van der Waals surface area contributed by atoms with Crippen molar-refractivity contribution in [3.63, 3.8) is 0 Å². The summed E-state index contributed by atoms with van der Waals surface area (Å²) >= 11 is 4.42. The number of carbonyl (C=O) groups excluding carboxylic acids is 1. The Morgan fingerprint density at radius 3 is 2.75 bits per heavy atom. The number of nitrogens with one attached hydrogen (secondary N) is 2. The topological polar surface area (TPSA) is 109 Å². The molecule has 4 rings (SSSR count). The van der Waals surface area contributed by atoms with Crippen LogP contribution in [0.3, 0.4) is 0 Å². The minimum absolute atomic E-state index is 0.126. The number of aromatic amines is 1. The van der Waals surface area contributed by atoms with Gasteiger partial charge in [0.25, 0.3) is 0 Å². The third kappa shape index (κ3) is 5.45. The van der Waals surface area contributed by atoms with Crippen molar-refractivity contribution in [3.8, 4) is 17.0 Å². The number of hydrogen-bond acceptors (Lipinski definition) is 6. The van der Waals surface area contributed by atoms with E-state index in [-0.39, 0.29) is 27.2 Å². The van der Waals surface area contributed by atoms with Gasteiger partial charge < -0.3 is 4.74 Å². The number of nitrogens with two attached hydrogens (primary N) is 1. The molecular weight excluding hydrogens is 557 g/mol. The Morgan fingerprint density at radius 2 is 2.12 bits per heavy atom. The molecule has 0 aliphatic carbocycles. The number of benzene rings is 1. The number of halogens is 4. The van der Waals surface area contributed by atoms with Gasteiger partial charge in [-0.1, -0.05) is 0 Å². The van der Waals surface area contributed by atoms with Crippen LogP contribution in [-0.4, -0.2) is 43.7 Å². The van der Waals surface area contributed by atoms with E-state index < -0.39 is 11.5 Å². The van der Waals surface area contributed by atoms with Crippen LogP contribution in [0.2, 0.25) is 0 Å². The number of carbonyl (C=O) groups is 1. The predicted molar refractivity (Wildman–Crippen MR) is 112 cm³/mol. The molecule has 0 radical (unpaired) electrons. The van der Waals surface area contributed by atoms with E-state index >= 15 is 0 Å². The monoisotopic (exact) mass is 575 g/mol. The first-order chi connectivity index (χ1) is 15.3. The number of rotatable bonds is 7. The molecule has 1 amide bonds. The van der Waals surface area contributed by atoms with Crippen LogP contribution in [0.1, 0.15) is 16.8 Å². The first-order valence-corrected chi connectivity index (χ1v) is 12.4. The molecule has 2 aromatic heterocycles. The van der Waals surface area contributed by atoms with E-state index in [1.165, 1.54) is 30.5 Å². The number of hydrogen-bond donors (Lipinski definition) is 3. The molecule has 1 fully saturated rings. The average Bonchev–Trinajstić information content (AvgIpc) is 3.46. The quantitative estimate of drug-likeness (QED) is 0.214. The number of H-pyrrole nitrogens is 1. The molecule has 1 atom stereocenters. The summed E-state index contributed by atoms with van der Waals surface area (Å²) in [5.41, 5.74) is -1.55. The summed E-state index contributed by atoms with van der Waals surface area (Å²) in [4.78, 5) is 19.6. The molecule has 1 aromatic carbocycles. The van der Waals surface area contributed by atoms with Gasteiger partial charge in [0.05, 0.1) is 0 Å². The Balaban J connectivity index is 1.54. The van der Waals surface area contributed by atoms with Crippen molar-refractivity contribution in [2.75, 3.05) is 23.3 Å². The van der Waals surface area contributed by atoms with Gasteiger partial charge in [-0.3, -0.25) is 0 Å². The molecule has 0 spiro atoms. The van der Waals surface area contributed by atoms with Gasteiger partial charge in [-0.15, -0.1) is 8.78 Å². The zero-order chi connectivity index (χ0) is 22.7. The van der Waals surface area contributed by atoms with Gasteiger partial charge >= 0.3 is 168 Å². The van der Waals surface area contributed by atoms with E-state index in [2.05, 4.69) is 30.1 Å². The number of amides is 1. The van der Waals surface area contributed by atoms with Gasteiger partial charge in [0.1, 0.15) is 5.75 Å². The van der Waals surface area contributed by atoms with Gasteiger partial charge in [-0.05, 0) is 0 Å². The number of pyridine rings is 1. The van der Waals surface area contributed by atoms with Gasteiger partial charge in [-0.25, -0.2) is 0 Å². The number of nitrogens with zero attached hydrogens (tertiary/aromatic N) is 3. The molecule has 0 saturated carbocycles. The van der Waals surface area contributed by atoms with E-state index in [0.29, 0.717) is 15.2 Å². The molecule has 4 N–H and O–H groups in total. The van der Waals surface area contributed by atoms with Crippen LogP contribution in [0.25, 0.3) is 11.3 Å². The third-order valence-electron chi connectivity index (χ3n) is 4.87. The molecule has 170 valence electrons. The van der Waals surface area contributed by atoms with Gasteiger partial charge in [0.15, 0.2) is 0 Å². The number of aromatic nitrogens is 3. The Bertz CT molecular complexity index is 1080. The van der Waals surface area contributed by atoms with Crippen LogP contribution in [0, 0.1) is 0 Å². The maximum absolute atomic E-state index is 12.8. The molecule has 8 nitrogen and oxygen atoms in total. The van der Waals surface area contributed by atoms with Crippen molar-refractivity contribution < 1.29 is 39.8 Å². The van der Waals surface area contributed by atoms with Gasteiger partial charge in [0.2, 0.25) is 0 Å². The van der Waals surface area contributed by atoms with Crippen molar-refractivity contribution >= 4 is 29.0 Å². The summed E-state index contributed by atoms with van der Waals surface area (Å²) in [6, 6.07) is 9.01. The van der Waals surface area contributed by atoms with Crippen LogP contribution in [0.5, 0.6) is 5.75 Å². The normalized spacial score (nSPS) is 16.4. The van der Waals surface area contributed by atoms with Crippen molar-refractivity contribution in [1.82, 2.24) is 15.2 Å². The second kappa shape index (κ2) is 9.55. The Morgan fingerprint density at radius 1 is 1.34 bits per heavy atom. The molecule has 0 bridgehead atoms. The van der Waals surface area contributed by atoms with Crippen LogP contribution in [0.15, 0.2) is 48.8 Å². The van der Waals surface area contributed by atoms with E-state index in [1.54, 1.807) is 12.3 Å². The van der Waals surface area contributed by atoms with E-state index in [9.17, 15) is 13.6 Å². The summed E-state index contributed by atoms with van der Waals surface area (Å²) in [6.45, 7) is 1.70. The number of ether oxygens (including phenoxy) is 1. The third-order valence-corrected chi connectivity index (χ3v) is 6.98. The van der Waals surface area contributed by atoms with Crippen molar-refractivity contribution in [2.45, 2.75) is 15.9 Å². The summed E-state index contributed by atoms with van der Waals surface area (Å²) in [5.74, 6) is 0.252. The van der Waals surface area contributed by atoms with Crippen molar-refractivity contribution in [3.05, 3.63) is 54.4 Å². The zero-order valence-electron chi connectivity index (χ0n) is 16.6. The molecule has 12 heteroatoms. The van der Waals surface area contributed by atoms with Gasteiger partial charge in [-0.2, -0.15) is 0 Å². The number of anilines is 2. The molecular formula is C20H19ClF2IN6O2-. The van der Waals surface area contributed by atoms with E-state index in [4.69, 9.17) is 15.5 Å². The van der Waals surface area contributed by atoms with Crippen LogP contribution < -0.4 is 40.4 Å². The molecule has 1 aliphatic rings. The fourth-order valence-corrected chi connectivity index (χ4v) is 4.82. The second-order valence-electron chi connectivity index (χ2n) is 7.05. The first-order valence-electron chi connectivity index (χ1n) is 9.56. The molecule has 3 heterocycles. The number of alkyl halides is 4. The Kier molecular flexibility index (Phi) is 6.76. The first kappa shape index (κ1) is 22.7. The molecule has 0 unspecified atom stereocenters. The Labute approximate surface area is 198 Å². The molecule has 3 aromatic rings. The maximum atomic E-state index is 12.8. The standard InChI is InChI=1S/C20H19ClF2IN6O2/c21-20(22,23)32-15-3-1-14(2-4-15)28-19(31)12-9-16(17-5-7-27-29-17)18(26-10-12)30-8-6-13(11-30)24-25/h1-5,7,9-10,13H,6,8,11,25H2,(H,27,29)(H,28,31)/q-1/t13-/m1/s1. The summed E-state index contributed by atoms with van der Waals surface area (Å²) in [7, 11) is 0. The van der Waals surface area contributed by atoms with E-state index in [1.807, 2.05) is 6.07 Å². The Hall–Kier alpha value is -2.51. The van der Waals surface area contributed by atoms with Crippen LogP contribution >= 0.6 is 11.6 Å². The van der Waals surface area contributed by atoms with E-state index in [0.717, 1.165) is 36.6 Å². The summed E-state index contributed by atoms with van der Waals surface area (Å²) in [5, 5.41) is 9.66. The summed E-state index contributed by atoms with van der Waals surface area (Å²) in [6.07, 6.45) is 4.18. The summed E-state index contributed by atoms with van der Waals surface area (Å²) < 4.78 is 36.2. The van der Waals surface area contributed by atoms with Gasteiger partial charge in [0, 0.05) is 11.6 Å². The minimum atomic E-state index is -3.80. The zero-order valence-corrected chi connectivity index (χ0v) is 19.5. The average molecular weight is 576 g/mol. The van der Waals surface area contributed by atoms with Crippen molar-refractivity contribution in [1.29, 1.82) is 0 Å². The molecule has 1 saturated heterocycles. The molecule has 32 heavy (non-hydrogen) atoms.